The molecule has 0 bridgehead atoms. The zero-order valence-corrected chi connectivity index (χ0v) is 12.7. The zero-order valence-electron chi connectivity index (χ0n) is 12.7. The highest BCUT2D eigenvalue weighted by Gasteiger charge is 2.20. The van der Waals surface area contributed by atoms with E-state index in [9.17, 15) is 9.59 Å². The SMILES string of the molecule is CCN1CCN(C(=O)CCNC(=O)c2ccnn2C)CC1. The van der Waals surface area contributed by atoms with Crippen molar-refractivity contribution in [2.75, 3.05) is 39.3 Å². The monoisotopic (exact) mass is 293 g/mol. The average molecular weight is 293 g/mol. The van der Waals surface area contributed by atoms with Crippen LogP contribution in [-0.4, -0.2) is 70.7 Å². The summed E-state index contributed by atoms with van der Waals surface area (Å²) in [5.74, 6) is -0.0883. The first kappa shape index (κ1) is 15.5. The molecule has 2 rings (SSSR count). The van der Waals surface area contributed by atoms with Gasteiger partial charge in [-0.3, -0.25) is 14.3 Å². The summed E-state index contributed by atoms with van der Waals surface area (Å²) in [6, 6.07) is 1.65. The number of nitrogens with zero attached hydrogens (tertiary/aromatic N) is 4. The van der Waals surface area contributed by atoms with Crippen molar-refractivity contribution in [2.24, 2.45) is 7.05 Å². The van der Waals surface area contributed by atoms with E-state index in [0.717, 1.165) is 32.7 Å². The highest BCUT2D eigenvalue weighted by Crippen LogP contribution is 2.03. The second kappa shape index (κ2) is 7.21. The van der Waals surface area contributed by atoms with E-state index in [1.807, 2.05) is 4.90 Å². The Bertz CT molecular complexity index is 491. The van der Waals surface area contributed by atoms with E-state index in [0.29, 0.717) is 18.7 Å². The van der Waals surface area contributed by atoms with Crippen LogP contribution in [0.15, 0.2) is 12.3 Å². The molecule has 0 atom stereocenters. The van der Waals surface area contributed by atoms with Gasteiger partial charge in [-0.1, -0.05) is 6.92 Å². The summed E-state index contributed by atoms with van der Waals surface area (Å²) < 4.78 is 1.52. The van der Waals surface area contributed by atoms with Crippen molar-refractivity contribution in [3.05, 3.63) is 18.0 Å². The molecule has 1 aromatic rings. The third-order valence-electron chi connectivity index (χ3n) is 3.85. The van der Waals surface area contributed by atoms with E-state index >= 15 is 0 Å². The number of nitrogens with one attached hydrogen (secondary N) is 1. The lowest BCUT2D eigenvalue weighted by atomic mass is 10.2. The topological polar surface area (TPSA) is 70.5 Å². The number of aryl methyl sites for hydroxylation is 1. The van der Waals surface area contributed by atoms with Crippen molar-refractivity contribution in [3.8, 4) is 0 Å². The molecule has 0 aliphatic carbocycles. The molecule has 1 fully saturated rings. The number of hydrogen-bond donors (Lipinski definition) is 1. The van der Waals surface area contributed by atoms with Crippen LogP contribution in [0.5, 0.6) is 0 Å². The molecule has 0 spiro atoms. The molecule has 0 radical (unpaired) electrons. The summed E-state index contributed by atoms with van der Waals surface area (Å²) in [5.41, 5.74) is 0.499. The van der Waals surface area contributed by atoms with E-state index in [1.54, 1.807) is 19.3 Å². The molecule has 0 saturated carbocycles. The third-order valence-corrected chi connectivity index (χ3v) is 3.85. The van der Waals surface area contributed by atoms with Gasteiger partial charge in [-0.25, -0.2) is 0 Å². The quantitative estimate of drug-likeness (QED) is 0.809. The van der Waals surface area contributed by atoms with E-state index in [-0.39, 0.29) is 11.8 Å². The Morgan fingerprint density at radius 3 is 2.57 bits per heavy atom. The van der Waals surface area contributed by atoms with Gasteiger partial charge in [-0.15, -0.1) is 0 Å². The van der Waals surface area contributed by atoms with E-state index in [2.05, 4.69) is 22.2 Å². The first-order valence-corrected chi connectivity index (χ1v) is 7.38. The predicted molar refractivity (Wildman–Crippen MR) is 78.9 cm³/mol. The van der Waals surface area contributed by atoms with Crippen LogP contribution in [0.3, 0.4) is 0 Å². The fraction of sp³-hybridized carbons (Fsp3) is 0.643. The molecule has 1 aliphatic rings. The summed E-state index contributed by atoms with van der Waals surface area (Å²) in [4.78, 5) is 28.1. The van der Waals surface area contributed by atoms with Crippen LogP contribution in [0.1, 0.15) is 23.8 Å². The van der Waals surface area contributed by atoms with Crippen molar-refractivity contribution in [3.63, 3.8) is 0 Å². The molecule has 1 aliphatic heterocycles. The zero-order chi connectivity index (χ0) is 15.2. The number of carbonyl (C=O) groups is 2. The first-order chi connectivity index (χ1) is 10.1. The Morgan fingerprint density at radius 2 is 2.00 bits per heavy atom. The number of hydrogen-bond acceptors (Lipinski definition) is 4. The van der Waals surface area contributed by atoms with Crippen LogP contribution in [0, 0.1) is 0 Å². The molecule has 21 heavy (non-hydrogen) atoms. The summed E-state index contributed by atoms with van der Waals surface area (Å²) in [7, 11) is 1.72. The van der Waals surface area contributed by atoms with Crippen LogP contribution >= 0.6 is 0 Å². The molecule has 0 aromatic carbocycles. The van der Waals surface area contributed by atoms with E-state index in [1.165, 1.54) is 4.68 Å². The minimum atomic E-state index is -0.196. The number of likely N-dealkylation sites (N-methyl/N-ethyl adjacent to an activating group) is 1. The van der Waals surface area contributed by atoms with Gasteiger partial charge in [0.05, 0.1) is 0 Å². The van der Waals surface area contributed by atoms with Gasteiger partial charge in [0.15, 0.2) is 0 Å². The Balaban J connectivity index is 1.70. The third kappa shape index (κ3) is 4.04. The molecule has 7 heteroatoms. The van der Waals surface area contributed by atoms with E-state index in [4.69, 9.17) is 0 Å². The van der Waals surface area contributed by atoms with Crippen LogP contribution < -0.4 is 5.32 Å². The van der Waals surface area contributed by atoms with Crippen LogP contribution in [0.2, 0.25) is 0 Å². The molecule has 1 N–H and O–H groups in total. The molecule has 2 amide bonds. The molecule has 1 saturated heterocycles. The predicted octanol–water partition coefficient (Wildman–Crippen LogP) is -0.296. The molecule has 1 aromatic heterocycles. The Morgan fingerprint density at radius 1 is 1.29 bits per heavy atom. The molecular weight excluding hydrogens is 270 g/mol. The molecule has 2 heterocycles. The van der Waals surface area contributed by atoms with Crippen molar-refractivity contribution in [1.29, 1.82) is 0 Å². The van der Waals surface area contributed by atoms with Gasteiger partial charge in [-0.05, 0) is 12.6 Å². The Kier molecular flexibility index (Phi) is 5.32. The normalized spacial score (nSPS) is 16.0. The highest BCUT2D eigenvalue weighted by molar-refractivity contribution is 5.92. The molecule has 7 nitrogen and oxygen atoms in total. The lowest BCUT2D eigenvalue weighted by Gasteiger charge is -2.34. The lowest BCUT2D eigenvalue weighted by molar-refractivity contribution is -0.132. The van der Waals surface area contributed by atoms with Gasteiger partial charge in [-0.2, -0.15) is 5.10 Å². The van der Waals surface area contributed by atoms with Crippen LogP contribution in [-0.2, 0) is 11.8 Å². The van der Waals surface area contributed by atoms with Crippen molar-refractivity contribution in [2.45, 2.75) is 13.3 Å². The maximum atomic E-state index is 12.1. The van der Waals surface area contributed by atoms with Crippen molar-refractivity contribution < 1.29 is 9.59 Å². The second-order valence-corrected chi connectivity index (χ2v) is 5.16. The summed E-state index contributed by atoms with van der Waals surface area (Å²) in [5, 5.41) is 6.70. The fourth-order valence-corrected chi connectivity index (χ4v) is 2.44. The van der Waals surface area contributed by atoms with E-state index < -0.39 is 0 Å². The number of aromatic nitrogens is 2. The van der Waals surface area contributed by atoms with Crippen molar-refractivity contribution in [1.82, 2.24) is 24.9 Å². The summed E-state index contributed by atoms with van der Waals surface area (Å²) in [6.07, 6.45) is 1.92. The standard InChI is InChI=1S/C14H23N5O2/c1-3-18-8-10-19(11-9-18)13(20)5-6-15-14(21)12-4-7-16-17(12)2/h4,7H,3,5-6,8-11H2,1-2H3,(H,15,21). The Labute approximate surface area is 124 Å². The first-order valence-electron chi connectivity index (χ1n) is 7.38. The molecule has 116 valence electrons. The summed E-state index contributed by atoms with van der Waals surface area (Å²) >= 11 is 0. The summed E-state index contributed by atoms with van der Waals surface area (Å²) in [6.45, 7) is 6.95. The Hall–Kier alpha value is -1.89. The number of amides is 2. The second-order valence-electron chi connectivity index (χ2n) is 5.16. The lowest BCUT2D eigenvalue weighted by Crippen LogP contribution is -2.49. The number of carbonyl (C=O) groups excluding carboxylic acids is 2. The molecular formula is C14H23N5O2. The van der Waals surface area contributed by atoms with Crippen LogP contribution in [0.25, 0.3) is 0 Å². The van der Waals surface area contributed by atoms with Gasteiger partial charge >= 0.3 is 0 Å². The molecule has 0 unspecified atom stereocenters. The number of piperazine rings is 1. The minimum absolute atomic E-state index is 0.107. The van der Waals surface area contributed by atoms with Gasteiger partial charge in [0.25, 0.3) is 5.91 Å². The van der Waals surface area contributed by atoms with Crippen LogP contribution in [0.4, 0.5) is 0 Å². The largest absolute Gasteiger partial charge is 0.350 e. The van der Waals surface area contributed by atoms with Gasteiger partial charge in [0, 0.05) is 52.4 Å². The van der Waals surface area contributed by atoms with Gasteiger partial charge in [0.1, 0.15) is 5.69 Å². The van der Waals surface area contributed by atoms with Gasteiger partial charge < -0.3 is 15.1 Å². The maximum absolute atomic E-state index is 12.1. The maximum Gasteiger partial charge on any atom is 0.269 e. The number of rotatable bonds is 5. The van der Waals surface area contributed by atoms with Gasteiger partial charge in [0.2, 0.25) is 5.91 Å². The minimum Gasteiger partial charge on any atom is -0.350 e. The highest BCUT2D eigenvalue weighted by atomic mass is 16.2. The van der Waals surface area contributed by atoms with Crippen molar-refractivity contribution >= 4 is 11.8 Å². The smallest absolute Gasteiger partial charge is 0.269 e. The fourth-order valence-electron chi connectivity index (χ4n) is 2.44. The average Bonchev–Trinajstić information content (AvgIpc) is 2.93.